The van der Waals surface area contributed by atoms with Gasteiger partial charge in [0.1, 0.15) is 0 Å². The van der Waals surface area contributed by atoms with Crippen LogP contribution in [0.2, 0.25) is 0 Å². The molecule has 3 rings (SSSR count). The molecule has 31 heavy (non-hydrogen) atoms. The molecule has 1 aliphatic rings. The van der Waals surface area contributed by atoms with Crippen LogP contribution < -0.4 is 23.7 Å². The molecule has 0 spiro atoms. The Balaban J connectivity index is 2.09. The van der Waals surface area contributed by atoms with Gasteiger partial charge >= 0.3 is 0 Å². The van der Waals surface area contributed by atoms with Gasteiger partial charge in [0, 0.05) is 18.7 Å². The molecule has 0 saturated carbocycles. The van der Waals surface area contributed by atoms with Gasteiger partial charge in [-0.25, -0.2) is 8.42 Å². The van der Waals surface area contributed by atoms with Crippen LogP contribution in [0, 0.1) is 0 Å². The molecule has 9 heteroatoms. The summed E-state index contributed by atoms with van der Waals surface area (Å²) in [4.78, 5) is 2.26. The molecule has 1 unspecified atom stereocenters. The van der Waals surface area contributed by atoms with Crippen LogP contribution in [-0.4, -0.2) is 61.6 Å². The smallest absolute Gasteiger partial charge is 0.229 e. The van der Waals surface area contributed by atoms with Crippen molar-refractivity contribution in [3.8, 4) is 23.0 Å². The third-order valence-corrected chi connectivity index (χ3v) is 6.18. The third-order valence-electron chi connectivity index (χ3n) is 5.59. The van der Waals surface area contributed by atoms with Crippen molar-refractivity contribution in [2.75, 3.05) is 53.0 Å². The lowest BCUT2D eigenvalue weighted by molar-refractivity contribution is 0.228. The molecular formula is C22H30N2O6S. The summed E-state index contributed by atoms with van der Waals surface area (Å²) >= 11 is 0. The van der Waals surface area contributed by atoms with Crippen molar-refractivity contribution in [2.24, 2.45) is 0 Å². The first-order chi connectivity index (χ1) is 14.7. The number of hydrogen-bond acceptors (Lipinski definition) is 7. The van der Waals surface area contributed by atoms with Crippen molar-refractivity contribution >= 4 is 15.7 Å². The van der Waals surface area contributed by atoms with E-state index in [1.807, 2.05) is 18.2 Å². The van der Waals surface area contributed by atoms with E-state index in [2.05, 4.69) is 16.7 Å². The number of methoxy groups -OCH3 is 4. The van der Waals surface area contributed by atoms with Crippen molar-refractivity contribution in [1.29, 1.82) is 0 Å². The van der Waals surface area contributed by atoms with E-state index in [0.717, 1.165) is 30.3 Å². The zero-order valence-corrected chi connectivity index (χ0v) is 19.6. The van der Waals surface area contributed by atoms with E-state index in [9.17, 15) is 8.42 Å². The maximum atomic E-state index is 12.0. The summed E-state index contributed by atoms with van der Waals surface area (Å²) in [6, 6.07) is 7.54. The largest absolute Gasteiger partial charge is 0.493 e. The van der Waals surface area contributed by atoms with Crippen molar-refractivity contribution in [1.82, 2.24) is 4.90 Å². The van der Waals surface area contributed by atoms with E-state index in [1.165, 1.54) is 12.7 Å². The van der Waals surface area contributed by atoms with E-state index >= 15 is 0 Å². The highest BCUT2D eigenvalue weighted by Gasteiger charge is 2.28. The Kier molecular flexibility index (Phi) is 6.86. The van der Waals surface area contributed by atoms with Gasteiger partial charge in [-0.3, -0.25) is 9.62 Å². The summed E-state index contributed by atoms with van der Waals surface area (Å²) in [7, 11) is 4.92. The minimum Gasteiger partial charge on any atom is -0.493 e. The zero-order valence-electron chi connectivity index (χ0n) is 18.8. The monoisotopic (exact) mass is 450 g/mol. The third kappa shape index (κ3) is 4.99. The molecule has 0 amide bonds. The molecule has 0 aliphatic carbocycles. The second-order valence-electron chi connectivity index (χ2n) is 7.60. The van der Waals surface area contributed by atoms with Gasteiger partial charge in [0.25, 0.3) is 0 Å². The number of likely N-dealkylation sites (N-methyl/N-ethyl adjacent to an activating group) is 1. The lowest BCUT2D eigenvalue weighted by Crippen LogP contribution is -2.33. The number of fused-ring (bicyclic) bond motifs is 1. The average molecular weight is 451 g/mol. The highest BCUT2D eigenvalue weighted by atomic mass is 32.2. The Morgan fingerprint density at radius 2 is 1.48 bits per heavy atom. The first kappa shape index (κ1) is 23.0. The highest BCUT2D eigenvalue weighted by molar-refractivity contribution is 7.92. The summed E-state index contributed by atoms with van der Waals surface area (Å²) in [5.74, 6) is 2.38. The van der Waals surface area contributed by atoms with E-state index < -0.39 is 10.0 Å². The number of rotatable bonds is 8. The van der Waals surface area contributed by atoms with Crippen LogP contribution in [0.3, 0.4) is 0 Å². The molecule has 0 saturated heterocycles. The van der Waals surface area contributed by atoms with Crippen LogP contribution in [0.1, 0.15) is 22.7 Å². The molecule has 170 valence electrons. The number of anilines is 1. The maximum Gasteiger partial charge on any atom is 0.229 e. The van der Waals surface area contributed by atoms with Crippen molar-refractivity contribution in [2.45, 2.75) is 18.9 Å². The number of benzene rings is 2. The molecule has 1 atom stereocenters. The fourth-order valence-electron chi connectivity index (χ4n) is 4.01. The van der Waals surface area contributed by atoms with Gasteiger partial charge in [-0.15, -0.1) is 0 Å². The summed E-state index contributed by atoms with van der Waals surface area (Å²) in [6.07, 6.45) is 2.59. The molecule has 1 N–H and O–H groups in total. The number of sulfonamides is 1. The molecule has 8 nitrogen and oxygen atoms in total. The summed E-state index contributed by atoms with van der Waals surface area (Å²) in [5, 5.41) is 0. The number of nitrogens with zero attached hydrogens (tertiary/aromatic N) is 1. The van der Waals surface area contributed by atoms with Gasteiger partial charge in [-0.05, 0) is 54.8 Å². The Morgan fingerprint density at radius 3 is 2.06 bits per heavy atom. The lowest BCUT2D eigenvalue weighted by Gasteiger charge is -2.35. The molecule has 1 heterocycles. The van der Waals surface area contributed by atoms with E-state index in [0.29, 0.717) is 35.1 Å². The Labute approximate surface area is 184 Å². The van der Waals surface area contributed by atoms with Gasteiger partial charge in [0.05, 0.1) is 40.4 Å². The van der Waals surface area contributed by atoms with Crippen molar-refractivity contribution < 1.29 is 27.4 Å². The molecule has 2 aromatic rings. The van der Waals surface area contributed by atoms with E-state index in [1.54, 1.807) is 27.4 Å². The maximum absolute atomic E-state index is 12.0. The van der Waals surface area contributed by atoms with Gasteiger partial charge in [-0.1, -0.05) is 0 Å². The first-order valence-corrected chi connectivity index (χ1v) is 11.8. The Hall–Kier alpha value is -2.65. The SMILES string of the molecule is COc1cc(CC2c3cc(OC)c(OC)cc3CCN2C)c(NS(C)(=O)=O)cc1OC. The van der Waals surface area contributed by atoms with Gasteiger partial charge < -0.3 is 18.9 Å². The predicted octanol–water partition coefficient (Wildman–Crippen LogP) is 2.86. The average Bonchev–Trinajstić information content (AvgIpc) is 2.74. The first-order valence-electron chi connectivity index (χ1n) is 9.88. The topological polar surface area (TPSA) is 86.3 Å². The standard InChI is InChI=1S/C22H30N2O6S/c1-24-8-7-14-10-19(27-2)21(29-4)12-16(14)18(24)9-15-11-20(28-3)22(30-5)13-17(15)23-31(6,25)26/h10-13,18,23H,7-9H2,1-6H3. The second kappa shape index (κ2) is 9.23. The number of hydrogen-bond donors (Lipinski definition) is 1. The quantitative estimate of drug-likeness (QED) is 0.662. The van der Waals surface area contributed by atoms with Crippen LogP contribution >= 0.6 is 0 Å². The molecule has 0 fully saturated rings. The summed E-state index contributed by atoms with van der Waals surface area (Å²) in [5.41, 5.74) is 3.61. The number of nitrogens with one attached hydrogen (secondary N) is 1. The minimum atomic E-state index is -3.48. The van der Waals surface area contributed by atoms with Crippen LogP contribution in [0.5, 0.6) is 23.0 Å². The summed E-state index contributed by atoms with van der Waals surface area (Å²) < 4.78 is 48.4. The fraction of sp³-hybridized carbons (Fsp3) is 0.455. The van der Waals surface area contributed by atoms with Gasteiger partial charge in [0.2, 0.25) is 10.0 Å². The van der Waals surface area contributed by atoms with E-state index in [-0.39, 0.29) is 6.04 Å². The lowest BCUT2D eigenvalue weighted by atomic mass is 9.88. The van der Waals surface area contributed by atoms with Crippen molar-refractivity contribution in [3.63, 3.8) is 0 Å². The zero-order chi connectivity index (χ0) is 22.8. The van der Waals surface area contributed by atoms with Crippen LogP contribution in [-0.2, 0) is 22.9 Å². The van der Waals surface area contributed by atoms with Gasteiger partial charge in [-0.2, -0.15) is 0 Å². The Bertz CT molecular complexity index is 1050. The molecule has 0 bridgehead atoms. The van der Waals surface area contributed by atoms with E-state index in [4.69, 9.17) is 18.9 Å². The normalized spacial score (nSPS) is 16.4. The second-order valence-corrected chi connectivity index (χ2v) is 9.34. The molecular weight excluding hydrogens is 420 g/mol. The van der Waals surface area contributed by atoms with Crippen LogP contribution in [0.25, 0.3) is 0 Å². The highest BCUT2D eigenvalue weighted by Crippen LogP contribution is 2.41. The molecule has 2 aromatic carbocycles. The van der Waals surface area contributed by atoms with Crippen LogP contribution in [0.15, 0.2) is 24.3 Å². The van der Waals surface area contributed by atoms with Crippen molar-refractivity contribution in [3.05, 3.63) is 41.0 Å². The van der Waals surface area contributed by atoms with Crippen LogP contribution in [0.4, 0.5) is 5.69 Å². The molecule has 0 aromatic heterocycles. The molecule has 0 radical (unpaired) electrons. The van der Waals surface area contributed by atoms with Gasteiger partial charge in [0.15, 0.2) is 23.0 Å². The minimum absolute atomic E-state index is 0.0155. The summed E-state index contributed by atoms with van der Waals surface area (Å²) in [6.45, 7) is 0.870. The number of ether oxygens (including phenoxy) is 4. The fourth-order valence-corrected chi connectivity index (χ4v) is 4.60. The molecule has 1 aliphatic heterocycles. The predicted molar refractivity (Wildman–Crippen MR) is 120 cm³/mol. The Morgan fingerprint density at radius 1 is 0.935 bits per heavy atom.